The van der Waals surface area contributed by atoms with Gasteiger partial charge in [-0.3, -0.25) is 0 Å². The lowest BCUT2D eigenvalue weighted by Crippen LogP contribution is -2.22. The second-order valence-corrected chi connectivity index (χ2v) is 6.74. The van der Waals surface area contributed by atoms with Crippen LogP contribution in [0.15, 0.2) is 24.4 Å². The van der Waals surface area contributed by atoms with E-state index in [4.69, 9.17) is 36.3 Å². The van der Waals surface area contributed by atoms with Gasteiger partial charge in [0.25, 0.3) is 0 Å². The number of hydrogen-bond acceptors (Lipinski definition) is 6. The summed E-state index contributed by atoms with van der Waals surface area (Å²) in [6, 6.07) is 5.51. The highest BCUT2D eigenvalue weighted by Gasteiger charge is 2.42. The number of nitrogens with two attached hydrogens (primary N) is 1. The van der Waals surface area contributed by atoms with Gasteiger partial charge in [0.05, 0.1) is 34.1 Å². The molecular weight excluding hydrogens is 391 g/mol. The van der Waals surface area contributed by atoms with E-state index >= 15 is 0 Å². The Bertz CT molecular complexity index is 798. The van der Waals surface area contributed by atoms with Crippen LogP contribution in [0.25, 0.3) is 11.1 Å². The zero-order valence-corrected chi connectivity index (χ0v) is 17.2. The van der Waals surface area contributed by atoms with Crippen LogP contribution in [0, 0.1) is 5.41 Å². The van der Waals surface area contributed by atoms with Gasteiger partial charge in [-0.05, 0) is 31.0 Å². The number of pyridine rings is 1. The largest absolute Gasteiger partial charge is 0.493 e. The normalized spacial score (nSPS) is 14.1. The van der Waals surface area contributed by atoms with Gasteiger partial charge in [-0.15, -0.1) is 12.4 Å². The molecule has 2 aromatic rings. The summed E-state index contributed by atoms with van der Waals surface area (Å²) in [7, 11) is 4.71. The van der Waals surface area contributed by atoms with Crippen molar-refractivity contribution >= 4 is 24.0 Å². The smallest absolute Gasteiger partial charge is 0.203 e. The van der Waals surface area contributed by atoms with Crippen LogP contribution in [0.4, 0.5) is 0 Å². The molecule has 0 spiro atoms. The third-order valence-electron chi connectivity index (χ3n) is 4.74. The average Bonchev–Trinajstić information content (AvgIpc) is 3.46. The lowest BCUT2D eigenvalue weighted by molar-refractivity contribution is 0.238. The van der Waals surface area contributed by atoms with Crippen molar-refractivity contribution in [2.75, 3.05) is 34.5 Å². The first-order valence-electron chi connectivity index (χ1n) is 8.35. The molecule has 0 bridgehead atoms. The third kappa shape index (κ3) is 4.34. The van der Waals surface area contributed by atoms with Crippen LogP contribution in [-0.4, -0.2) is 39.5 Å². The molecule has 0 radical (unpaired) electrons. The standard InChI is InChI=1S/C19H23ClN2O4.ClH/c1-23-15-5-4-13(16(24-2)17(15)25-3)14-8-12(9-22-18(14)20)26-11-19(10-21)6-7-19;/h4-5,8-9H,6-7,10-11,21H2,1-3H3;1H. The quantitative estimate of drug-likeness (QED) is 0.658. The summed E-state index contributed by atoms with van der Waals surface area (Å²) in [6.07, 6.45) is 3.81. The van der Waals surface area contributed by atoms with Crippen LogP contribution >= 0.6 is 24.0 Å². The topological polar surface area (TPSA) is 75.8 Å². The van der Waals surface area contributed by atoms with Crippen LogP contribution in [-0.2, 0) is 0 Å². The van der Waals surface area contributed by atoms with Crippen molar-refractivity contribution < 1.29 is 18.9 Å². The summed E-state index contributed by atoms with van der Waals surface area (Å²) in [5, 5.41) is 0.350. The minimum absolute atomic E-state index is 0. The van der Waals surface area contributed by atoms with E-state index in [1.54, 1.807) is 33.6 Å². The SMILES string of the molecule is COc1ccc(-c2cc(OCC3(CN)CC3)cnc2Cl)c(OC)c1OC.Cl. The third-order valence-corrected chi connectivity index (χ3v) is 5.04. The van der Waals surface area contributed by atoms with Crippen molar-refractivity contribution in [1.82, 2.24) is 4.98 Å². The maximum atomic E-state index is 6.34. The van der Waals surface area contributed by atoms with Gasteiger partial charge in [0.2, 0.25) is 5.75 Å². The van der Waals surface area contributed by atoms with Crippen molar-refractivity contribution in [3.8, 4) is 34.1 Å². The zero-order chi connectivity index (χ0) is 18.7. The van der Waals surface area contributed by atoms with Gasteiger partial charge < -0.3 is 24.7 Å². The van der Waals surface area contributed by atoms with Gasteiger partial charge in [0.1, 0.15) is 10.9 Å². The molecule has 1 saturated carbocycles. The minimum Gasteiger partial charge on any atom is -0.493 e. The summed E-state index contributed by atoms with van der Waals surface area (Å²) >= 11 is 6.34. The zero-order valence-electron chi connectivity index (χ0n) is 15.6. The molecule has 1 aliphatic carbocycles. The number of benzene rings is 1. The van der Waals surface area contributed by atoms with Gasteiger partial charge in [0.15, 0.2) is 11.5 Å². The van der Waals surface area contributed by atoms with Crippen LogP contribution in [0.2, 0.25) is 5.15 Å². The second kappa shape index (κ2) is 8.87. The lowest BCUT2D eigenvalue weighted by atomic mass is 10.0. The molecule has 1 heterocycles. The molecule has 3 rings (SSSR count). The number of methoxy groups -OCH3 is 3. The monoisotopic (exact) mass is 414 g/mol. The summed E-state index contributed by atoms with van der Waals surface area (Å²) < 4.78 is 22.2. The van der Waals surface area contributed by atoms with Gasteiger partial charge in [-0.2, -0.15) is 0 Å². The van der Waals surface area contributed by atoms with E-state index < -0.39 is 0 Å². The molecule has 1 aromatic heterocycles. The van der Waals surface area contributed by atoms with Crippen molar-refractivity contribution in [1.29, 1.82) is 0 Å². The van der Waals surface area contributed by atoms with Crippen molar-refractivity contribution in [2.24, 2.45) is 11.1 Å². The molecule has 148 valence electrons. The molecule has 0 aliphatic heterocycles. The average molecular weight is 415 g/mol. The van der Waals surface area contributed by atoms with E-state index in [-0.39, 0.29) is 17.8 Å². The van der Waals surface area contributed by atoms with E-state index in [0.29, 0.717) is 46.9 Å². The first-order valence-corrected chi connectivity index (χ1v) is 8.73. The van der Waals surface area contributed by atoms with Crippen LogP contribution in [0.1, 0.15) is 12.8 Å². The Morgan fingerprint density at radius 3 is 2.33 bits per heavy atom. The number of rotatable bonds is 8. The van der Waals surface area contributed by atoms with E-state index in [1.165, 1.54) is 0 Å². The van der Waals surface area contributed by atoms with E-state index in [1.807, 2.05) is 12.1 Å². The number of nitrogens with zero attached hydrogens (tertiary/aromatic N) is 1. The molecule has 1 fully saturated rings. The number of ether oxygens (including phenoxy) is 4. The summed E-state index contributed by atoms with van der Waals surface area (Å²) in [4.78, 5) is 4.26. The van der Waals surface area contributed by atoms with Crippen LogP contribution in [0.3, 0.4) is 0 Å². The fraction of sp³-hybridized carbons (Fsp3) is 0.421. The predicted molar refractivity (Wildman–Crippen MR) is 108 cm³/mol. The number of hydrogen-bond donors (Lipinski definition) is 1. The molecule has 27 heavy (non-hydrogen) atoms. The van der Waals surface area contributed by atoms with Crippen molar-refractivity contribution in [3.05, 3.63) is 29.5 Å². The fourth-order valence-electron chi connectivity index (χ4n) is 2.83. The lowest BCUT2D eigenvalue weighted by Gasteiger charge is -2.17. The molecule has 1 aliphatic rings. The van der Waals surface area contributed by atoms with Crippen molar-refractivity contribution in [3.63, 3.8) is 0 Å². The molecule has 8 heteroatoms. The van der Waals surface area contributed by atoms with E-state index in [2.05, 4.69) is 4.98 Å². The maximum absolute atomic E-state index is 6.34. The van der Waals surface area contributed by atoms with Gasteiger partial charge in [-0.25, -0.2) is 4.98 Å². The Morgan fingerprint density at radius 1 is 1.07 bits per heavy atom. The fourth-order valence-corrected chi connectivity index (χ4v) is 3.04. The first-order chi connectivity index (χ1) is 12.6. The van der Waals surface area contributed by atoms with E-state index in [0.717, 1.165) is 18.4 Å². The molecule has 0 atom stereocenters. The molecule has 0 saturated heterocycles. The second-order valence-electron chi connectivity index (χ2n) is 6.38. The Labute approximate surface area is 170 Å². The highest BCUT2D eigenvalue weighted by atomic mass is 35.5. The van der Waals surface area contributed by atoms with Gasteiger partial charge in [0, 0.05) is 23.1 Å². The predicted octanol–water partition coefficient (Wildman–Crippen LogP) is 3.97. The Kier molecular flexibility index (Phi) is 7.03. The van der Waals surface area contributed by atoms with Crippen LogP contribution in [0.5, 0.6) is 23.0 Å². The van der Waals surface area contributed by atoms with E-state index in [9.17, 15) is 0 Å². The Morgan fingerprint density at radius 2 is 1.78 bits per heavy atom. The highest BCUT2D eigenvalue weighted by Crippen LogP contribution is 2.47. The first kappa shape index (κ1) is 21.4. The molecule has 0 amide bonds. The summed E-state index contributed by atoms with van der Waals surface area (Å²) in [5.74, 6) is 2.23. The number of halogens is 2. The molecular formula is C19H24Cl2N2O4. The van der Waals surface area contributed by atoms with Gasteiger partial charge >= 0.3 is 0 Å². The number of aromatic nitrogens is 1. The highest BCUT2D eigenvalue weighted by molar-refractivity contribution is 6.32. The molecule has 1 aromatic carbocycles. The molecule has 2 N–H and O–H groups in total. The van der Waals surface area contributed by atoms with Crippen molar-refractivity contribution in [2.45, 2.75) is 12.8 Å². The Hall–Kier alpha value is -1.89. The van der Waals surface area contributed by atoms with Gasteiger partial charge in [-0.1, -0.05) is 11.6 Å². The molecule has 0 unspecified atom stereocenters. The van der Waals surface area contributed by atoms with Crippen LogP contribution < -0.4 is 24.7 Å². The molecule has 6 nitrogen and oxygen atoms in total. The minimum atomic E-state index is 0. The maximum Gasteiger partial charge on any atom is 0.203 e. The Balaban J connectivity index is 0.00000261. The summed E-state index contributed by atoms with van der Waals surface area (Å²) in [5.41, 5.74) is 7.37. The summed E-state index contributed by atoms with van der Waals surface area (Å²) in [6.45, 7) is 1.21.